The standard InChI is InChI=1S/C14H9ClF3NO2/c15-10-4-6-12(7-5-10)21-13(20)19-11-3-1-2-9(8-11)14(16,17)18/h1-8H,(H,19,20). The second-order valence-electron chi connectivity index (χ2n) is 4.05. The minimum absolute atomic E-state index is 0.0104. The molecule has 0 unspecified atom stereocenters. The van der Waals surface area contributed by atoms with Crippen molar-refractivity contribution in [3.63, 3.8) is 0 Å². The van der Waals surface area contributed by atoms with E-state index in [9.17, 15) is 18.0 Å². The summed E-state index contributed by atoms with van der Waals surface area (Å²) in [5.74, 6) is 0.226. The van der Waals surface area contributed by atoms with Gasteiger partial charge in [-0.3, -0.25) is 5.32 Å². The number of anilines is 1. The number of alkyl halides is 3. The van der Waals surface area contributed by atoms with E-state index in [1.165, 1.54) is 36.4 Å². The highest BCUT2D eigenvalue weighted by atomic mass is 35.5. The van der Waals surface area contributed by atoms with Crippen molar-refractivity contribution >= 4 is 23.4 Å². The van der Waals surface area contributed by atoms with Crippen LogP contribution in [0.1, 0.15) is 5.56 Å². The number of halogens is 4. The molecule has 0 aliphatic carbocycles. The molecule has 110 valence electrons. The monoisotopic (exact) mass is 315 g/mol. The Hall–Kier alpha value is -2.21. The highest BCUT2D eigenvalue weighted by Gasteiger charge is 2.30. The lowest BCUT2D eigenvalue weighted by Crippen LogP contribution is -2.17. The highest BCUT2D eigenvalue weighted by Crippen LogP contribution is 2.30. The topological polar surface area (TPSA) is 38.3 Å². The van der Waals surface area contributed by atoms with E-state index < -0.39 is 17.8 Å². The van der Waals surface area contributed by atoms with Gasteiger partial charge in [0.15, 0.2) is 0 Å². The Morgan fingerprint density at radius 3 is 2.38 bits per heavy atom. The summed E-state index contributed by atoms with van der Waals surface area (Å²) in [6.45, 7) is 0. The molecule has 0 saturated carbocycles. The molecule has 1 amide bonds. The van der Waals surface area contributed by atoms with Gasteiger partial charge in [0.05, 0.1) is 5.56 Å². The van der Waals surface area contributed by atoms with Crippen LogP contribution >= 0.6 is 11.6 Å². The fourth-order valence-electron chi connectivity index (χ4n) is 1.53. The molecule has 0 aliphatic rings. The molecule has 0 radical (unpaired) electrons. The van der Waals surface area contributed by atoms with Crippen molar-refractivity contribution < 1.29 is 22.7 Å². The summed E-state index contributed by atoms with van der Waals surface area (Å²) in [5, 5.41) is 2.70. The molecule has 7 heteroatoms. The molecule has 2 rings (SSSR count). The van der Waals surface area contributed by atoms with E-state index >= 15 is 0 Å². The molecule has 0 aromatic heterocycles. The average Bonchev–Trinajstić information content (AvgIpc) is 2.41. The van der Waals surface area contributed by atoms with E-state index in [2.05, 4.69) is 5.32 Å². The van der Waals surface area contributed by atoms with Crippen molar-refractivity contribution in [3.05, 3.63) is 59.1 Å². The van der Waals surface area contributed by atoms with Crippen LogP contribution in [0.15, 0.2) is 48.5 Å². The lowest BCUT2D eigenvalue weighted by molar-refractivity contribution is -0.137. The summed E-state index contributed by atoms with van der Waals surface area (Å²) >= 11 is 5.68. The van der Waals surface area contributed by atoms with Crippen LogP contribution in [0.2, 0.25) is 5.02 Å². The maximum Gasteiger partial charge on any atom is 0.417 e. The molecule has 0 aliphatic heterocycles. The maximum atomic E-state index is 12.5. The number of ether oxygens (including phenoxy) is 1. The van der Waals surface area contributed by atoms with E-state index in [1.807, 2.05) is 0 Å². The zero-order valence-corrected chi connectivity index (χ0v) is 11.2. The van der Waals surface area contributed by atoms with Gasteiger partial charge in [-0.1, -0.05) is 17.7 Å². The molecule has 0 bridgehead atoms. The lowest BCUT2D eigenvalue weighted by atomic mass is 10.2. The predicted molar refractivity (Wildman–Crippen MR) is 72.5 cm³/mol. The van der Waals surface area contributed by atoms with Gasteiger partial charge in [-0.25, -0.2) is 4.79 Å². The number of benzene rings is 2. The number of rotatable bonds is 2. The molecule has 0 atom stereocenters. The Morgan fingerprint density at radius 1 is 1.10 bits per heavy atom. The number of carbonyl (C=O) groups is 1. The summed E-state index contributed by atoms with van der Waals surface area (Å²) in [7, 11) is 0. The van der Waals surface area contributed by atoms with Crippen LogP contribution < -0.4 is 10.1 Å². The Bertz CT molecular complexity index is 641. The first-order valence-corrected chi connectivity index (χ1v) is 6.14. The summed E-state index contributed by atoms with van der Waals surface area (Å²) < 4.78 is 42.5. The van der Waals surface area contributed by atoms with Crippen molar-refractivity contribution in [2.75, 3.05) is 5.32 Å². The van der Waals surface area contributed by atoms with E-state index in [4.69, 9.17) is 16.3 Å². The van der Waals surface area contributed by atoms with Gasteiger partial charge in [-0.15, -0.1) is 0 Å². The fourth-order valence-corrected chi connectivity index (χ4v) is 1.65. The van der Waals surface area contributed by atoms with Crippen LogP contribution in [0.3, 0.4) is 0 Å². The Balaban J connectivity index is 2.04. The van der Waals surface area contributed by atoms with Gasteiger partial charge in [-0.05, 0) is 42.5 Å². The van der Waals surface area contributed by atoms with Crippen molar-refractivity contribution in [1.29, 1.82) is 0 Å². The molecule has 21 heavy (non-hydrogen) atoms. The van der Waals surface area contributed by atoms with Crippen molar-refractivity contribution in [3.8, 4) is 5.75 Å². The molecule has 0 fully saturated rings. The molecule has 0 heterocycles. The van der Waals surface area contributed by atoms with E-state index in [0.717, 1.165) is 12.1 Å². The minimum atomic E-state index is -4.47. The van der Waals surface area contributed by atoms with E-state index in [1.54, 1.807) is 0 Å². The van der Waals surface area contributed by atoms with Gasteiger partial charge in [0, 0.05) is 10.7 Å². The molecule has 0 spiro atoms. The first-order chi connectivity index (χ1) is 9.84. The summed E-state index contributed by atoms with van der Waals surface area (Å²) in [6, 6.07) is 10.2. The molecule has 3 nitrogen and oxygen atoms in total. The van der Waals surface area contributed by atoms with Crippen molar-refractivity contribution in [2.24, 2.45) is 0 Å². The lowest BCUT2D eigenvalue weighted by Gasteiger charge is -2.10. The largest absolute Gasteiger partial charge is 0.417 e. The van der Waals surface area contributed by atoms with E-state index in [-0.39, 0.29) is 11.4 Å². The molecule has 0 saturated heterocycles. The third-order valence-electron chi connectivity index (χ3n) is 2.46. The van der Waals surface area contributed by atoms with Gasteiger partial charge in [0.1, 0.15) is 5.75 Å². The minimum Gasteiger partial charge on any atom is -0.410 e. The predicted octanol–water partition coefficient (Wildman–Crippen LogP) is 4.97. The first-order valence-electron chi connectivity index (χ1n) is 5.76. The van der Waals surface area contributed by atoms with Gasteiger partial charge >= 0.3 is 12.3 Å². The summed E-state index contributed by atoms with van der Waals surface area (Å²) in [5.41, 5.74) is -0.865. The van der Waals surface area contributed by atoms with Gasteiger partial charge < -0.3 is 4.74 Å². The van der Waals surface area contributed by atoms with Crippen LogP contribution in [0.25, 0.3) is 0 Å². The third kappa shape index (κ3) is 4.39. The molecular formula is C14H9ClF3NO2. The molecule has 1 N–H and O–H groups in total. The van der Waals surface area contributed by atoms with Crippen LogP contribution in [0.4, 0.5) is 23.7 Å². The maximum absolute atomic E-state index is 12.5. The number of hydrogen-bond acceptors (Lipinski definition) is 2. The van der Waals surface area contributed by atoms with Crippen LogP contribution in [-0.4, -0.2) is 6.09 Å². The molecule has 2 aromatic carbocycles. The fraction of sp³-hybridized carbons (Fsp3) is 0.0714. The second kappa shape index (κ2) is 6.05. The smallest absolute Gasteiger partial charge is 0.410 e. The van der Waals surface area contributed by atoms with Gasteiger partial charge in [0.2, 0.25) is 0 Å². The Morgan fingerprint density at radius 2 is 1.76 bits per heavy atom. The third-order valence-corrected chi connectivity index (χ3v) is 2.71. The summed E-state index contributed by atoms with van der Waals surface area (Å²) in [4.78, 5) is 11.6. The summed E-state index contributed by atoms with van der Waals surface area (Å²) in [6.07, 6.45) is -5.37. The number of nitrogens with one attached hydrogen (secondary N) is 1. The van der Waals surface area contributed by atoms with Crippen LogP contribution in [0.5, 0.6) is 5.75 Å². The second-order valence-corrected chi connectivity index (χ2v) is 4.48. The van der Waals surface area contributed by atoms with Crippen molar-refractivity contribution in [2.45, 2.75) is 6.18 Å². The number of hydrogen-bond donors (Lipinski definition) is 1. The number of amides is 1. The first kappa shape index (κ1) is 15.2. The zero-order chi connectivity index (χ0) is 15.5. The zero-order valence-electron chi connectivity index (χ0n) is 10.4. The highest BCUT2D eigenvalue weighted by molar-refractivity contribution is 6.30. The quantitative estimate of drug-likeness (QED) is 0.849. The van der Waals surface area contributed by atoms with Crippen LogP contribution in [-0.2, 0) is 6.18 Å². The normalized spacial score (nSPS) is 11.0. The van der Waals surface area contributed by atoms with Crippen LogP contribution in [0, 0.1) is 0 Å². The molecular weight excluding hydrogens is 307 g/mol. The number of carbonyl (C=O) groups excluding carboxylic acids is 1. The van der Waals surface area contributed by atoms with Crippen molar-refractivity contribution in [1.82, 2.24) is 0 Å². The van der Waals surface area contributed by atoms with Gasteiger partial charge in [-0.2, -0.15) is 13.2 Å². The average molecular weight is 316 g/mol. The Labute approximate surface area is 123 Å². The Kier molecular flexibility index (Phi) is 4.37. The van der Waals surface area contributed by atoms with Gasteiger partial charge in [0.25, 0.3) is 0 Å². The molecule has 2 aromatic rings. The van der Waals surface area contributed by atoms with E-state index in [0.29, 0.717) is 5.02 Å². The SMILES string of the molecule is O=C(Nc1cccc(C(F)(F)F)c1)Oc1ccc(Cl)cc1.